The Bertz CT molecular complexity index is 80.7. The van der Waals surface area contributed by atoms with Crippen molar-refractivity contribution in [3.8, 4) is 0 Å². The van der Waals surface area contributed by atoms with Crippen LogP contribution in [-0.4, -0.2) is 28.0 Å². The van der Waals surface area contributed by atoms with Crippen LogP contribution in [0.3, 0.4) is 0 Å². The molecule has 0 aromatic heterocycles. The van der Waals surface area contributed by atoms with Crippen LogP contribution in [0.2, 0.25) is 0 Å². The van der Waals surface area contributed by atoms with Crippen molar-refractivity contribution in [3.63, 3.8) is 0 Å². The van der Waals surface area contributed by atoms with Gasteiger partial charge in [-0.25, -0.2) is 4.84 Å². The van der Waals surface area contributed by atoms with E-state index in [0.29, 0.717) is 0 Å². The molecule has 0 rings (SSSR count). The maximum Gasteiger partial charge on any atom is 0.673 e. The fraction of sp³-hybridized carbons (Fsp3) is 1.00. The Kier molecular flexibility index (Phi) is 7.76. The molecule has 0 saturated heterocycles. The van der Waals surface area contributed by atoms with Gasteiger partial charge in [-0.05, 0) is 6.92 Å². The first kappa shape index (κ1) is 13.3. The van der Waals surface area contributed by atoms with Crippen molar-refractivity contribution in [2.45, 2.75) is 6.92 Å². The minimum Gasteiger partial charge on any atom is -0.418 e. The van der Waals surface area contributed by atoms with E-state index in [1.54, 1.807) is 0 Å². The molecule has 0 aliphatic carbocycles. The predicted molar refractivity (Wildman–Crippen MR) is 34.6 cm³/mol. The van der Waals surface area contributed by atoms with Crippen molar-refractivity contribution < 1.29 is 27.2 Å². The normalized spacial score (nSPS) is 10.9. The molecule has 0 saturated carbocycles. The molecule has 0 unspecified atom stereocenters. The summed E-state index contributed by atoms with van der Waals surface area (Å²) >= 11 is 0. The molecular formula is C4H12BF4NO. The van der Waals surface area contributed by atoms with E-state index in [1.165, 1.54) is 0 Å². The van der Waals surface area contributed by atoms with E-state index in [4.69, 9.17) is 4.84 Å². The van der Waals surface area contributed by atoms with Gasteiger partial charge < -0.3 is 17.3 Å². The van der Waals surface area contributed by atoms with Crippen LogP contribution in [0.25, 0.3) is 0 Å². The van der Waals surface area contributed by atoms with Crippen LogP contribution in [0.15, 0.2) is 0 Å². The van der Waals surface area contributed by atoms with Crippen molar-refractivity contribution >= 4 is 7.25 Å². The summed E-state index contributed by atoms with van der Waals surface area (Å²) in [6, 6.07) is 0. The van der Waals surface area contributed by atoms with Gasteiger partial charge in [-0.1, -0.05) is 0 Å². The molecule has 0 aromatic carbocycles. The second-order valence-corrected chi connectivity index (χ2v) is 1.84. The summed E-state index contributed by atoms with van der Waals surface area (Å²) in [5.41, 5.74) is 0. The molecule has 0 aromatic rings. The van der Waals surface area contributed by atoms with Gasteiger partial charge in [0, 0.05) is 0 Å². The van der Waals surface area contributed by atoms with Crippen LogP contribution in [0.1, 0.15) is 6.92 Å². The van der Waals surface area contributed by atoms with E-state index in [9.17, 15) is 17.3 Å². The summed E-state index contributed by atoms with van der Waals surface area (Å²) in [7, 11) is -2.10. The third kappa shape index (κ3) is 78.7. The molecule has 0 aliphatic heterocycles. The lowest BCUT2D eigenvalue weighted by Gasteiger charge is -2.00. The molecule has 0 atom stereocenters. The minimum atomic E-state index is -6.00. The zero-order valence-corrected chi connectivity index (χ0v) is 6.70. The Morgan fingerprint density at radius 2 is 1.45 bits per heavy atom. The van der Waals surface area contributed by atoms with Crippen LogP contribution < -0.4 is 5.06 Å². The van der Waals surface area contributed by atoms with E-state index < -0.39 is 7.25 Å². The molecule has 0 bridgehead atoms. The highest BCUT2D eigenvalue weighted by Crippen LogP contribution is 2.06. The Hall–Kier alpha value is -0.295. The third-order valence-corrected chi connectivity index (χ3v) is 0.433. The summed E-state index contributed by atoms with van der Waals surface area (Å²) in [6.45, 7) is 2.77. The fourth-order valence-electron chi connectivity index (χ4n) is 0.289. The molecule has 2 nitrogen and oxygen atoms in total. The second-order valence-electron chi connectivity index (χ2n) is 1.84. The van der Waals surface area contributed by atoms with E-state index in [-0.39, 0.29) is 0 Å². The number of hydrogen-bond acceptors (Lipinski definition) is 1. The lowest BCUT2D eigenvalue weighted by atomic mass is 10.3. The number of hydrogen-bond donors (Lipinski definition) is 1. The van der Waals surface area contributed by atoms with Crippen LogP contribution in [0.5, 0.6) is 0 Å². The maximum absolute atomic E-state index is 9.75. The van der Waals surface area contributed by atoms with Crippen molar-refractivity contribution in [1.29, 1.82) is 0 Å². The van der Waals surface area contributed by atoms with Crippen LogP contribution in [0.4, 0.5) is 17.3 Å². The summed E-state index contributed by atoms with van der Waals surface area (Å²) in [4.78, 5) is 4.96. The number of halogens is 4. The Labute approximate surface area is 63.2 Å². The molecule has 11 heavy (non-hydrogen) atoms. The minimum absolute atomic E-state index is 0.794. The van der Waals surface area contributed by atoms with Crippen LogP contribution >= 0.6 is 0 Å². The molecule has 7 heteroatoms. The number of hydroxylamine groups is 2. The monoisotopic (exact) mass is 177 g/mol. The number of rotatable bonds is 2. The van der Waals surface area contributed by atoms with Crippen LogP contribution in [0, 0.1) is 0 Å². The van der Waals surface area contributed by atoms with Gasteiger partial charge >= 0.3 is 7.25 Å². The highest BCUT2D eigenvalue weighted by Gasteiger charge is 2.20. The number of quaternary nitrogens is 1. The smallest absolute Gasteiger partial charge is 0.418 e. The van der Waals surface area contributed by atoms with Crippen molar-refractivity contribution in [2.24, 2.45) is 0 Å². The van der Waals surface area contributed by atoms with Gasteiger partial charge in [0.1, 0.15) is 6.61 Å². The van der Waals surface area contributed by atoms with E-state index in [0.717, 1.165) is 11.7 Å². The van der Waals surface area contributed by atoms with Gasteiger partial charge in [-0.3, -0.25) is 0 Å². The Morgan fingerprint density at radius 3 is 1.45 bits per heavy atom. The Morgan fingerprint density at radius 1 is 1.18 bits per heavy atom. The highest BCUT2D eigenvalue weighted by atomic mass is 19.5. The molecule has 0 heterocycles. The topological polar surface area (TPSA) is 13.7 Å². The maximum atomic E-state index is 9.75. The first-order valence-corrected chi connectivity index (χ1v) is 3.07. The molecule has 0 spiro atoms. The fourth-order valence-corrected chi connectivity index (χ4v) is 0.289. The first-order valence-electron chi connectivity index (χ1n) is 3.07. The zero-order valence-electron chi connectivity index (χ0n) is 6.70. The van der Waals surface area contributed by atoms with E-state index in [1.807, 2.05) is 21.0 Å². The van der Waals surface area contributed by atoms with Crippen molar-refractivity contribution in [1.82, 2.24) is 0 Å². The summed E-state index contributed by atoms with van der Waals surface area (Å²) in [5.74, 6) is 0. The summed E-state index contributed by atoms with van der Waals surface area (Å²) < 4.78 is 39.0. The molecular weight excluding hydrogens is 165 g/mol. The molecule has 1 N–H and O–H groups in total. The SMILES string of the molecule is CCO[NH+](C)C.F[B-](F)(F)F. The lowest BCUT2D eigenvalue weighted by molar-refractivity contribution is -1.06. The largest absolute Gasteiger partial charge is 0.673 e. The van der Waals surface area contributed by atoms with E-state index >= 15 is 0 Å². The molecule has 0 fully saturated rings. The molecule has 0 radical (unpaired) electrons. The van der Waals surface area contributed by atoms with Gasteiger partial charge in [-0.15, -0.1) is 0 Å². The average molecular weight is 177 g/mol. The predicted octanol–water partition coefficient (Wildman–Crippen LogP) is 0.382. The quantitative estimate of drug-likeness (QED) is 0.365. The second kappa shape index (κ2) is 6.42. The van der Waals surface area contributed by atoms with Gasteiger partial charge in [0.15, 0.2) is 0 Å². The standard InChI is InChI=1S/C4H11NO.BF4/c1-4-6-5(2)3;2-1(3,4)5/h4H2,1-3H3;/q;-1/p+1. The molecule has 0 aliphatic rings. The van der Waals surface area contributed by atoms with Crippen molar-refractivity contribution in [2.75, 3.05) is 20.7 Å². The van der Waals surface area contributed by atoms with Gasteiger partial charge in [0.05, 0.1) is 14.1 Å². The molecule has 0 amide bonds. The molecule has 70 valence electrons. The van der Waals surface area contributed by atoms with Crippen molar-refractivity contribution in [3.05, 3.63) is 0 Å². The average Bonchev–Trinajstić information content (AvgIpc) is 1.58. The lowest BCUT2D eigenvalue weighted by Crippen LogP contribution is -3.04. The van der Waals surface area contributed by atoms with Gasteiger partial charge in [-0.2, -0.15) is 5.06 Å². The first-order chi connectivity index (χ1) is 4.77. The van der Waals surface area contributed by atoms with Gasteiger partial charge in [0.25, 0.3) is 0 Å². The third-order valence-electron chi connectivity index (χ3n) is 0.433. The summed E-state index contributed by atoms with van der Waals surface area (Å²) in [6.07, 6.45) is 0. The Balaban J connectivity index is 0. The number of nitrogens with one attached hydrogen (secondary N) is 1. The van der Waals surface area contributed by atoms with Crippen LogP contribution in [-0.2, 0) is 4.84 Å². The van der Waals surface area contributed by atoms with Gasteiger partial charge in [0.2, 0.25) is 0 Å². The van der Waals surface area contributed by atoms with E-state index in [2.05, 4.69) is 0 Å². The highest BCUT2D eigenvalue weighted by molar-refractivity contribution is 6.50. The zero-order chi connectivity index (χ0) is 9.49. The summed E-state index contributed by atoms with van der Waals surface area (Å²) in [5, 5.41) is 1.04.